The van der Waals surface area contributed by atoms with E-state index in [4.69, 9.17) is 0 Å². The van der Waals surface area contributed by atoms with Crippen LogP contribution in [0.3, 0.4) is 0 Å². The van der Waals surface area contributed by atoms with Crippen molar-refractivity contribution in [3.63, 3.8) is 0 Å². The van der Waals surface area contributed by atoms with Gasteiger partial charge in [0.05, 0.1) is 0 Å². The summed E-state index contributed by atoms with van der Waals surface area (Å²) in [6.45, 7) is 0. The first-order chi connectivity index (χ1) is 23.2. The quantitative estimate of drug-likeness (QED) is 0.107. The van der Waals surface area contributed by atoms with E-state index in [0.29, 0.717) is 0 Å². The number of hydrogen-bond donors (Lipinski definition) is 0. The Morgan fingerprint density at radius 3 is 0.532 bits per heavy atom. The van der Waals surface area contributed by atoms with Crippen molar-refractivity contribution >= 4 is 57.8 Å². The van der Waals surface area contributed by atoms with Crippen molar-refractivity contribution in [3.8, 4) is 0 Å². The maximum atomic E-state index is 3.00. The predicted molar refractivity (Wildman–Crippen MR) is 210 cm³/mol. The molecule has 0 aliphatic rings. The molecule has 0 aliphatic heterocycles. The SMILES string of the molecule is [Br][Ni][Br].c1ccc(C[As](Cc2ccccc2)Cc2ccccc2)cc1.c1ccc(C[As](Cc2ccccc2)Cc2ccccc2)cc1. The average Bonchev–Trinajstić information content (AvgIpc) is 3.12. The van der Waals surface area contributed by atoms with Crippen LogP contribution in [-0.2, 0) is 42.1 Å². The fraction of sp³-hybridized carbons (Fsp3) is 0.143. The molecule has 0 amide bonds. The summed E-state index contributed by atoms with van der Waals surface area (Å²) in [6, 6.07) is 65.9. The van der Waals surface area contributed by atoms with E-state index in [1.165, 1.54) is 75.5 Å². The van der Waals surface area contributed by atoms with Crippen LogP contribution in [0, 0.1) is 0 Å². The monoisotopic (exact) mass is 912 g/mol. The molecule has 0 saturated carbocycles. The minimum absolute atomic E-state index is 0.991. The third-order valence-corrected chi connectivity index (χ3v) is 17.7. The molecule has 0 saturated heterocycles. The van der Waals surface area contributed by atoms with Crippen molar-refractivity contribution in [3.05, 3.63) is 215 Å². The zero-order valence-electron chi connectivity index (χ0n) is 26.5. The molecule has 5 heteroatoms. The van der Waals surface area contributed by atoms with Crippen LogP contribution >= 0.6 is 28.5 Å². The van der Waals surface area contributed by atoms with E-state index >= 15 is 0 Å². The summed E-state index contributed by atoms with van der Waals surface area (Å²) >= 11 is 4.02. The molecular weight excluding hydrogens is 873 g/mol. The molecule has 0 fully saturated rings. The van der Waals surface area contributed by atoms with Crippen molar-refractivity contribution < 1.29 is 10.9 Å². The molecule has 0 aliphatic carbocycles. The Bertz CT molecular complexity index is 1290. The van der Waals surface area contributed by atoms with Crippen molar-refractivity contribution in [1.29, 1.82) is 0 Å². The molecule has 0 radical (unpaired) electrons. The van der Waals surface area contributed by atoms with Gasteiger partial charge in [-0.2, -0.15) is 0 Å². The van der Waals surface area contributed by atoms with Gasteiger partial charge in [-0.1, -0.05) is 0 Å². The Morgan fingerprint density at radius 2 is 0.404 bits per heavy atom. The molecule has 0 nitrogen and oxygen atoms in total. The van der Waals surface area contributed by atoms with Gasteiger partial charge < -0.3 is 0 Å². The van der Waals surface area contributed by atoms with Gasteiger partial charge in [-0.05, 0) is 0 Å². The number of rotatable bonds is 12. The second kappa shape index (κ2) is 23.3. The molecule has 6 rings (SSSR count). The van der Waals surface area contributed by atoms with Gasteiger partial charge in [-0.15, -0.1) is 0 Å². The zero-order chi connectivity index (χ0) is 32.8. The molecule has 0 aromatic heterocycles. The third-order valence-electron chi connectivity index (χ3n) is 7.49. The van der Waals surface area contributed by atoms with Crippen LogP contribution in [0.5, 0.6) is 0 Å². The summed E-state index contributed by atoms with van der Waals surface area (Å²) in [5.41, 5.74) is 8.97. The average molecular weight is 915 g/mol. The zero-order valence-corrected chi connectivity index (χ0v) is 34.4. The molecule has 6 aromatic rings. The molecule has 244 valence electrons. The van der Waals surface area contributed by atoms with Crippen LogP contribution in [0.1, 0.15) is 33.4 Å². The van der Waals surface area contributed by atoms with Crippen molar-refractivity contribution in [2.24, 2.45) is 0 Å². The second-order valence-electron chi connectivity index (χ2n) is 11.2. The molecule has 0 spiro atoms. The second-order valence-corrected chi connectivity index (χ2v) is 25.8. The van der Waals surface area contributed by atoms with Gasteiger partial charge in [0, 0.05) is 0 Å². The summed E-state index contributed by atoms with van der Waals surface area (Å²) in [7, 11) is 1.25. The van der Waals surface area contributed by atoms with E-state index in [-0.39, 0.29) is 0 Å². The Kier molecular flexibility index (Phi) is 18.7. The van der Waals surface area contributed by atoms with Crippen LogP contribution in [0.4, 0.5) is 0 Å². The van der Waals surface area contributed by atoms with E-state index in [0.717, 1.165) is 0 Å². The summed E-state index contributed by atoms with van der Waals surface area (Å²) < 4.78 is 0. The van der Waals surface area contributed by atoms with Crippen LogP contribution in [-0.4, -0.2) is 29.3 Å². The minimum atomic E-state index is -0.991. The number of hydrogen-bond acceptors (Lipinski definition) is 0. The Morgan fingerprint density at radius 1 is 0.277 bits per heavy atom. The predicted octanol–water partition coefficient (Wildman–Crippen LogP) is 11.3. The van der Waals surface area contributed by atoms with Gasteiger partial charge in [-0.3, -0.25) is 0 Å². The standard InChI is InChI=1S/2C21H21As.2BrH.Ni/c2*1-4-10-19(11-5-1)16-22(17-20-12-6-2-7-13-20)18-21-14-8-3-9-15-21;;;/h2*1-15H,16-18H2;2*1H;/q;;;;+2/p-2. The summed E-state index contributed by atoms with van der Waals surface area (Å²) in [5.74, 6) is 0. The maximum absolute atomic E-state index is 3.00. The molecule has 0 bridgehead atoms. The third kappa shape index (κ3) is 15.8. The number of benzene rings is 6. The Balaban J connectivity index is 0.000000197. The van der Waals surface area contributed by atoms with E-state index in [2.05, 4.69) is 210 Å². The molecule has 0 N–H and O–H groups in total. The van der Waals surface area contributed by atoms with E-state index < -0.39 is 29.3 Å². The van der Waals surface area contributed by atoms with E-state index in [1.54, 1.807) is 0 Å². The fourth-order valence-corrected chi connectivity index (χ4v) is 15.9. The van der Waals surface area contributed by atoms with Gasteiger partial charge in [0.15, 0.2) is 0 Å². The normalized spacial score (nSPS) is 10.6. The molecular formula is C42H42As2Br2Ni. The summed E-state index contributed by atoms with van der Waals surface area (Å²) in [5, 5.41) is 7.65. The van der Waals surface area contributed by atoms with E-state index in [9.17, 15) is 0 Å². The van der Waals surface area contributed by atoms with Crippen LogP contribution in [0.2, 0.25) is 0 Å². The van der Waals surface area contributed by atoms with E-state index in [1.807, 2.05) is 0 Å². The van der Waals surface area contributed by atoms with Gasteiger partial charge >= 0.3 is 315 Å². The molecule has 47 heavy (non-hydrogen) atoms. The van der Waals surface area contributed by atoms with Gasteiger partial charge in [0.25, 0.3) is 0 Å². The fourth-order valence-electron chi connectivity index (χ4n) is 5.39. The van der Waals surface area contributed by atoms with Crippen LogP contribution < -0.4 is 0 Å². The van der Waals surface area contributed by atoms with Crippen LogP contribution in [0.25, 0.3) is 0 Å². The topological polar surface area (TPSA) is 0 Å². The van der Waals surface area contributed by atoms with Gasteiger partial charge in [0.2, 0.25) is 0 Å². The van der Waals surface area contributed by atoms with Crippen LogP contribution in [0.15, 0.2) is 182 Å². The first-order valence-corrected chi connectivity index (χ1v) is 28.6. The van der Waals surface area contributed by atoms with Crippen molar-refractivity contribution in [2.75, 3.05) is 0 Å². The number of halogens is 2. The first-order valence-electron chi connectivity index (χ1n) is 15.7. The molecule has 6 aromatic carbocycles. The van der Waals surface area contributed by atoms with Crippen molar-refractivity contribution in [1.82, 2.24) is 0 Å². The molecule has 0 atom stereocenters. The first kappa shape index (κ1) is 37.7. The molecule has 0 unspecified atom stereocenters. The summed E-state index contributed by atoms with van der Waals surface area (Å²) in [4.78, 5) is 0. The Labute approximate surface area is 312 Å². The molecule has 0 heterocycles. The van der Waals surface area contributed by atoms with Gasteiger partial charge in [-0.25, -0.2) is 0 Å². The van der Waals surface area contributed by atoms with Crippen molar-refractivity contribution in [2.45, 2.75) is 31.3 Å². The summed E-state index contributed by atoms with van der Waals surface area (Å²) in [6.07, 6.45) is 0. The Hall–Kier alpha value is -2.11. The van der Waals surface area contributed by atoms with Gasteiger partial charge in [0.1, 0.15) is 0 Å².